The van der Waals surface area contributed by atoms with Crippen LogP contribution in [0.15, 0.2) is 0 Å². The summed E-state index contributed by atoms with van der Waals surface area (Å²) in [7, 11) is 0. The van der Waals surface area contributed by atoms with Crippen LogP contribution in [0.5, 0.6) is 0 Å². The highest BCUT2D eigenvalue weighted by Gasteiger charge is 2.39. The van der Waals surface area contributed by atoms with Gasteiger partial charge in [-0.05, 0) is 17.6 Å². The van der Waals surface area contributed by atoms with Crippen LogP contribution >= 0.6 is 0 Å². The molecule has 0 amide bonds. The van der Waals surface area contributed by atoms with Crippen LogP contribution in [-0.4, -0.2) is 26.8 Å². The second kappa shape index (κ2) is 8.60. The van der Waals surface area contributed by atoms with Crippen LogP contribution < -0.4 is 0 Å². The van der Waals surface area contributed by atoms with Crippen LogP contribution in [0, 0.1) is 0 Å². The number of carbonyl (C=O) groups excluding carboxylic acids is 2. The molecule has 0 rings (SSSR count). The predicted octanol–water partition coefficient (Wildman–Crippen LogP) is 2.57. The minimum Gasteiger partial charge on any atom is -0.585 e. The first-order valence-electron chi connectivity index (χ1n) is 5.90. The Labute approximate surface area is 102 Å². The van der Waals surface area contributed by atoms with Crippen molar-refractivity contribution in [2.24, 2.45) is 0 Å². The minimum atomic E-state index is -2.19. The molecular formula is C11H21AlO4. The second-order valence-electron chi connectivity index (χ2n) is 4.09. The highest BCUT2D eigenvalue weighted by Crippen LogP contribution is 2.12. The van der Waals surface area contributed by atoms with Gasteiger partial charge in [0.05, 0.1) is 0 Å². The zero-order chi connectivity index (χ0) is 12.6. The summed E-state index contributed by atoms with van der Waals surface area (Å²) in [4.78, 5) is 22.6. The fourth-order valence-corrected chi connectivity index (χ4v) is 2.43. The Balaban J connectivity index is 4.17. The van der Waals surface area contributed by atoms with Crippen LogP contribution in [0.1, 0.15) is 53.4 Å². The van der Waals surface area contributed by atoms with E-state index < -0.39 is 14.8 Å². The molecule has 0 aliphatic rings. The molecule has 0 heterocycles. The molecule has 0 radical (unpaired) electrons. The van der Waals surface area contributed by atoms with Gasteiger partial charge in [0.1, 0.15) is 0 Å². The van der Waals surface area contributed by atoms with Crippen molar-refractivity contribution in [2.75, 3.05) is 0 Å². The maximum Gasteiger partial charge on any atom is 0.863 e. The lowest BCUT2D eigenvalue weighted by atomic mass is 10.3. The van der Waals surface area contributed by atoms with Crippen molar-refractivity contribution < 1.29 is 17.2 Å². The molecule has 0 saturated heterocycles. The van der Waals surface area contributed by atoms with Crippen LogP contribution in [0.2, 0.25) is 4.78 Å². The molecule has 0 aromatic carbocycles. The smallest absolute Gasteiger partial charge is 0.585 e. The summed E-state index contributed by atoms with van der Waals surface area (Å²) in [5, 5.41) is 0. The van der Waals surface area contributed by atoms with Crippen LogP contribution in [-0.2, 0) is 17.2 Å². The van der Waals surface area contributed by atoms with Gasteiger partial charge in [-0.1, -0.05) is 27.7 Å². The summed E-state index contributed by atoms with van der Waals surface area (Å²) in [6.07, 6.45) is 2.28. The number of hydrogen-bond acceptors (Lipinski definition) is 4. The van der Waals surface area contributed by atoms with Gasteiger partial charge in [0.15, 0.2) is 0 Å². The monoisotopic (exact) mass is 244 g/mol. The topological polar surface area (TPSA) is 52.6 Å². The Kier molecular flexibility index (Phi) is 8.32. The minimum absolute atomic E-state index is 0.113. The summed E-state index contributed by atoms with van der Waals surface area (Å²) in [6.45, 7) is 7.65. The van der Waals surface area contributed by atoms with Gasteiger partial charge in [0.2, 0.25) is 0 Å². The van der Waals surface area contributed by atoms with E-state index in [0.29, 0.717) is 12.8 Å². The first-order chi connectivity index (χ1) is 7.51. The lowest BCUT2D eigenvalue weighted by molar-refractivity contribution is -0.140. The molecule has 0 fully saturated rings. The van der Waals surface area contributed by atoms with E-state index in [1.807, 2.05) is 27.7 Å². The van der Waals surface area contributed by atoms with E-state index in [1.165, 1.54) is 0 Å². The molecule has 0 N–H and O–H groups in total. The summed E-state index contributed by atoms with van der Waals surface area (Å²) < 4.78 is 10.6. The van der Waals surface area contributed by atoms with Gasteiger partial charge < -0.3 is 7.58 Å². The SMILES string of the molecule is CCCC(=O)[O][Al]([O]C(=O)CCC)[CH](C)C. The molecule has 0 aliphatic carbocycles. The van der Waals surface area contributed by atoms with Crippen molar-refractivity contribution in [3.8, 4) is 0 Å². The Bertz CT molecular complexity index is 208. The zero-order valence-electron chi connectivity index (χ0n) is 10.6. The lowest BCUT2D eigenvalue weighted by Gasteiger charge is -2.15. The average molecular weight is 244 g/mol. The summed E-state index contributed by atoms with van der Waals surface area (Å²) in [5.74, 6) is -0.505. The molecule has 4 nitrogen and oxygen atoms in total. The lowest BCUT2D eigenvalue weighted by Crippen LogP contribution is -2.31. The van der Waals surface area contributed by atoms with Gasteiger partial charge in [-0.25, -0.2) is 0 Å². The van der Waals surface area contributed by atoms with E-state index in [2.05, 4.69) is 0 Å². The van der Waals surface area contributed by atoms with Gasteiger partial charge in [0.25, 0.3) is 11.9 Å². The van der Waals surface area contributed by atoms with Crippen molar-refractivity contribution in [2.45, 2.75) is 58.2 Å². The van der Waals surface area contributed by atoms with Crippen molar-refractivity contribution in [3.63, 3.8) is 0 Å². The van der Waals surface area contributed by atoms with Crippen LogP contribution in [0.25, 0.3) is 0 Å². The van der Waals surface area contributed by atoms with E-state index in [1.54, 1.807) is 0 Å². The molecule has 0 aromatic heterocycles. The number of carbonyl (C=O) groups is 2. The van der Waals surface area contributed by atoms with Gasteiger partial charge in [0, 0.05) is 12.8 Å². The van der Waals surface area contributed by atoms with Crippen LogP contribution in [0.3, 0.4) is 0 Å². The second-order valence-corrected chi connectivity index (χ2v) is 6.63. The molecule has 92 valence electrons. The van der Waals surface area contributed by atoms with E-state index in [-0.39, 0.29) is 16.7 Å². The first kappa shape index (κ1) is 15.5. The zero-order valence-corrected chi connectivity index (χ0v) is 11.8. The van der Waals surface area contributed by atoms with Gasteiger partial charge in [-0.15, -0.1) is 0 Å². The molecule has 0 aromatic rings. The summed E-state index contributed by atoms with van der Waals surface area (Å²) >= 11 is -2.19. The van der Waals surface area contributed by atoms with E-state index in [0.717, 1.165) is 12.8 Å². The van der Waals surface area contributed by atoms with Crippen molar-refractivity contribution >= 4 is 26.8 Å². The molecule has 5 heteroatoms. The molecule has 0 saturated carbocycles. The van der Waals surface area contributed by atoms with Gasteiger partial charge in [-0.3, -0.25) is 9.59 Å². The largest absolute Gasteiger partial charge is 0.863 e. The molecule has 0 spiro atoms. The highest BCUT2D eigenvalue weighted by molar-refractivity contribution is 6.50. The molecule has 0 unspecified atom stereocenters. The number of rotatable bonds is 7. The van der Waals surface area contributed by atoms with Crippen molar-refractivity contribution in [1.29, 1.82) is 0 Å². The maximum absolute atomic E-state index is 11.3. The maximum atomic E-state index is 11.3. The Morgan fingerprint density at radius 1 is 1.00 bits per heavy atom. The van der Waals surface area contributed by atoms with E-state index >= 15 is 0 Å². The normalized spacial score (nSPS) is 10.1. The third-order valence-electron chi connectivity index (χ3n) is 1.95. The molecule has 0 atom stereocenters. The highest BCUT2D eigenvalue weighted by atomic mass is 27.2. The Morgan fingerprint density at radius 2 is 1.38 bits per heavy atom. The summed E-state index contributed by atoms with van der Waals surface area (Å²) in [6, 6.07) is 0. The summed E-state index contributed by atoms with van der Waals surface area (Å²) in [5.41, 5.74) is 0. The number of hydrogen-bond donors (Lipinski definition) is 0. The molecular weight excluding hydrogens is 223 g/mol. The van der Waals surface area contributed by atoms with Crippen LogP contribution in [0.4, 0.5) is 0 Å². The third-order valence-corrected chi connectivity index (χ3v) is 4.03. The van der Waals surface area contributed by atoms with Gasteiger partial charge >= 0.3 is 14.8 Å². The predicted molar refractivity (Wildman–Crippen MR) is 62.9 cm³/mol. The van der Waals surface area contributed by atoms with E-state index in [4.69, 9.17) is 7.58 Å². The fraction of sp³-hybridized carbons (Fsp3) is 0.818. The standard InChI is InChI=1S/2C4H8O2.C3H7.Al/c2*1-2-3-4(5)6;1-3-2;/h2*2-3H2,1H3,(H,5,6);3H,1-2H3;/q;;;+2/p-2. The Hall–Kier alpha value is -0.528. The fourth-order valence-electron chi connectivity index (χ4n) is 1.08. The van der Waals surface area contributed by atoms with E-state index in [9.17, 15) is 9.59 Å². The quantitative estimate of drug-likeness (QED) is 0.646. The average Bonchev–Trinajstić information content (AvgIpc) is 2.17. The molecule has 0 bridgehead atoms. The Morgan fingerprint density at radius 3 is 1.62 bits per heavy atom. The van der Waals surface area contributed by atoms with Crippen molar-refractivity contribution in [1.82, 2.24) is 0 Å². The molecule has 0 aliphatic heterocycles. The van der Waals surface area contributed by atoms with Crippen molar-refractivity contribution in [3.05, 3.63) is 0 Å². The third kappa shape index (κ3) is 6.87. The van der Waals surface area contributed by atoms with Gasteiger partial charge in [-0.2, -0.15) is 0 Å². The first-order valence-corrected chi connectivity index (χ1v) is 7.51. The molecule has 16 heavy (non-hydrogen) atoms.